The fourth-order valence-electron chi connectivity index (χ4n) is 4.15. The van der Waals surface area contributed by atoms with E-state index < -0.39 is 0 Å². The summed E-state index contributed by atoms with van der Waals surface area (Å²) in [5.41, 5.74) is 4.15. The molecule has 28 heavy (non-hydrogen) atoms. The predicted molar refractivity (Wildman–Crippen MR) is 112 cm³/mol. The summed E-state index contributed by atoms with van der Waals surface area (Å²) in [6.07, 6.45) is 8.60. The molecule has 0 N–H and O–H groups in total. The van der Waals surface area contributed by atoms with E-state index in [2.05, 4.69) is 37.0 Å². The van der Waals surface area contributed by atoms with Crippen molar-refractivity contribution in [2.24, 2.45) is 5.92 Å². The molecule has 1 aromatic carbocycles. The van der Waals surface area contributed by atoms with Crippen LogP contribution in [-0.2, 0) is 13.0 Å². The van der Waals surface area contributed by atoms with Gasteiger partial charge in [0.1, 0.15) is 0 Å². The molecule has 0 atom stereocenters. The predicted octanol–water partition coefficient (Wildman–Crippen LogP) is 4.33. The maximum absolute atomic E-state index is 13.2. The van der Waals surface area contributed by atoms with Crippen LogP contribution in [0.15, 0.2) is 53.7 Å². The van der Waals surface area contributed by atoms with Crippen LogP contribution >= 0.6 is 0 Å². The first-order valence-corrected chi connectivity index (χ1v) is 10.0. The molecule has 4 aromatic rings. The summed E-state index contributed by atoms with van der Waals surface area (Å²) in [6.45, 7) is 4.93. The Kier molecular flexibility index (Phi) is 4.04. The number of nitrogens with zero attached hydrogens (tertiary/aromatic N) is 4. The van der Waals surface area contributed by atoms with E-state index in [1.165, 1.54) is 10.9 Å². The van der Waals surface area contributed by atoms with Crippen LogP contribution < -0.4 is 5.69 Å². The highest BCUT2D eigenvalue weighted by Gasteiger charge is 2.29. The van der Waals surface area contributed by atoms with E-state index in [9.17, 15) is 4.79 Å². The first-order chi connectivity index (χ1) is 13.6. The summed E-state index contributed by atoms with van der Waals surface area (Å²) in [6, 6.07) is 10.7. The molecule has 3 heterocycles. The van der Waals surface area contributed by atoms with Gasteiger partial charge in [0.15, 0.2) is 0 Å². The maximum Gasteiger partial charge on any atom is 0.329 e. The first kappa shape index (κ1) is 17.2. The molecule has 5 heteroatoms. The van der Waals surface area contributed by atoms with Crippen molar-refractivity contribution in [2.75, 3.05) is 0 Å². The van der Waals surface area contributed by atoms with E-state index in [1.807, 2.05) is 27.5 Å². The fraction of sp³-hybridized carbons (Fsp3) is 0.348. The van der Waals surface area contributed by atoms with Gasteiger partial charge < -0.3 is 0 Å². The lowest BCUT2D eigenvalue weighted by Crippen LogP contribution is -2.25. The second-order valence-corrected chi connectivity index (χ2v) is 8.20. The van der Waals surface area contributed by atoms with E-state index in [0.717, 1.165) is 41.4 Å². The van der Waals surface area contributed by atoms with Crippen molar-refractivity contribution in [3.05, 3.63) is 70.7 Å². The van der Waals surface area contributed by atoms with Crippen LogP contribution in [-0.4, -0.2) is 19.1 Å². The van der Waals surface area contributed by atoms with Crippen LogP contribution in [0.1, 0.15) is 44.0 Å². The minimum atomic E-state index is 0.0518. The molecule has 5 rings (SSSR count). The highest BCUT2D eigenvalue weighted by atomic mass is 16.1. The Bertz CT molecular complexity index is 1230. The summed E-state index contributed by atoms with van der Waals surface area (Å²) >= 11 is 0. The number of hydrogen-bond acceptors (Lipinski definition) is 3. The highest BCUT2D eigenvalue weighted by molar-refractivity contribution is 5.85. The van der Waals surface area contributed by atoms with Crippen molar-refractivity contribution in [3.63, 3.8) is 0 Å². The van der Waals surface area contributed by atoms with Crippen molar-refractivity contribution in [2.45, 2.75) is 45.7 Å². The number of fused-ring (bicyclic) bond motifs is 2. The second-order valence-electron chi connectivity index (χ2n) is 8.20. The normalized spacial score (nSPS) is 14.4. The molecule has 142 valence electrons. The van der Waals surface area contributed by atoms with E-state index in [0.29, 0.717) is 18.5 Å². The summed E-state index contributed by atoms with van der Waals surface area (Å²) < 4.78 is 3.79. The Hall–Kier alpha value is -2.95. The molecule has 3 aromatic heterocycles. The van der Waals surface area contributed by atoms with Crippen LogP contribution in [0.2, 0.25) is 0 Å². The van der Waals surface area contributed by atoms with Crippen LogP contribution in [0, 0.1) is 5.92 Å². The van der Waals surface area contributed by atoms with Crippen LogP contribution in [0.3, 0.4) is 0 Å². The number of rotatable bonds is 5. The second kappa shape index (κ2) is 6.59. The van der Waals surface area contributed by atoms with Gasteiger partial charge in [-0.25, -0.2) is 4.79 Å². The Balaban J connectivity index is 1.69. The fourth-order valence-corrected chi connectivity index (χ4v) is 4.15. The minimum absolute atomic E-state index is 0.0518. The Morgan fingerprint density at radius 1 is 1.11 bits per heavy atom. The van der Waals surface area contributed by atoms with Gasteiger partial charge in [-0.2, -0.15) is 0 Å². The average molecular weight is 372 g/mol. The Labute approximate surface area is 163 Å². The molecule has 0 radical (unpaired) electrons. The molecule has 0 spiro atoms. The summed E-state index contributed by atoms with van der Waals surface area (Å²) in [5, 5.41) is 2.38. The molecule has 1 saturated carbocycles. The largest absolute Gasteiger partial charge is 0.329 e. The van der Waals surface area contributed by atoms with Gasteiger partial charge in [0.05, 0.1) is 29.5 Å². The van der Waals surface area contributed by atoms with Crippen molar-refractivity contribution in [1.29, 1.82) is 0 Å². The summed E-state index contributed by atoms with van der Waals surface area (Å²) in [7, 11) is 0. The van der Waals surface area contributed by atoms with Gasteiger partial charge in [-0.3, -0.25) is 19.1 Å². The lowest BCUT2D eigenvalue weighted by molar-refractivity contribution is 0.629. The molecular formula is C23H24N4O. The average Bonchev–Trinajstić information content (AvgIpc) is 3.49. The molecule has 1 fully saturated rings. The lowest BCUT2D eigenvalue weighted by Gasteiger charge is -2.14. The van der Waals surface area contributed by atoms with E-state index >= 15 is 0 Å². The molecule has 0 saturated heterocycles. The molecule has 1 aliphatic rings. The molecule has 0 unspecified atom stereocenters. The zero-order valence-corrected chi connectivity index (χ0v) is 16.3. The topological polar surface area (TPSA) is 52.7 Å². The van der Waals surface area contributed by atoms with Crippen LogP contribution in [0.4, 0.5) is 0 Å². The zero-order chi connectivity index (χ0) is 19.3. The smallest absolute Gasteiger partial charge is 0.289 e. The number of hydrogen-bond donors (Lipinski definition) is 0. The summed E-state index contributed by atoms with van der Waals surface area (Å²) in [5.74, 6) is 0.512. The molecule has 0 amide bonds. The van der Waals surface area contributed by atoms with Gasteiger partial charge in [-0.15, -0.1) is 0 Å². The van der Waals surface area contributed by atoms with Crippen molar-refractivity contribution in [3.8, 4) is 0 Å². The highest BCUT2D eigenvalue weighted by Crippen LogP contribution is 2.36. The van der Waals surface area contributed by atoms with Crippen molar-refractivity contribution < 1.29 is 0 Å². The van der Waals surface area contributed by atoms with Gasteiger partial charge in [-0.05, 0) is 42.2 Å². The third-order valence-corrected chi connectivity index (χ3v) is 5.59. The van der Waals surface area contributed by atoms with Gasteiger partial charge in [0, 0.05) is 23.8 Å². The monoisotopic (exact) mass is 372 g/mol. The van der Waals surface area contributed by atoms with Crippen LogP contribution in [0.25, 0.3) is 21.8 Å². The van der Waals surface area contributed by atoms with Gasteiger partial charge in [0.25, 0.3) is 0 Å². The maximum atomic E-state index is 13.2. The molecule has 1 aliphatic carbocycles. The van der Waals surface area contributed by atoms with Crippen LogP contribution in [0.5, 0.6) is 0 Å². The molecule has 0 aliphatic heterocycles. The van der Waals surface area contributed by atoms with E-state index in [4.69, 9.17) is 4.98 Å². The van der Waals surface area contributed by atoms with E-state index in [-0.39, 0.29) is 5.69 Å². The number of aromatic nitrogens is 4. The van der Waals surface area contributed by atoms with Crippen molar-refractivity contribution in [1.82, 2.24) is 19.1 Å². The third kappa shape index (κ3) is 2.82. The Morgan fingerprint density at radius 3 is 2.71 bits per heavy atom. The van der Waals surface area contributed by atoms with E-state index in [1.54, 1.807) is 12.4 Å². The number of benzene rings is 1. The standard InChI is InChI=1S/C23H24N4O/c1-15(2)11-19-18-6-4-3-5-16(18)12-25-20(19)14-26-22-13-24-10-9-21(22)27(23(26)28)17-7-8-17/h3-6,9-10,12-13,15,17H,7-8,11,14H2,1-2H3. The molecule has 0 bridgehead atoms. The van der Waals surface area contributed by atoms with Gasteiger partial charge in [0.2, 0.25) is 0 Å². The minimum Gasteiger partial charge on any atom is -0.289 e. The van der Waals surface area contributed by atoms with Gasteiger partial charge >= 0.3 is 5.69 Å². The SMILES string of the molecule is CC(C)Cc1c(Cn2c(=O)n(C3CC3)c3ccncc32)ncc2ccccc12. The first-order valence-electron chi connectivity index (χ1n) is 10.0. The quantitative estimate of drug-likeness (QED) is 0.524. The summed E-state index contributed by atoms with van der Waals surface area (Å²) in [4.78, 5) is 22.3. The zero-order valence-electron chi connectivity index (χ0n) is 16.3. The number of imidazole rings is 1. The third-order valence-electron chi connectivity index (χ3n) is 5.59. The molecular weight excluding hydrogens is 348 g/mol. The number of pyridine rings is 2. The van der Waals surface area contributed by atoms with Crippen molar-refractivity contribution >= 4 is 21.8 Å². The Morgan fingerprint density at radius 2 is 1.93 bits per heavy atom. The lowest BCUT2D eigenvalue weighted by atomic mass is 9.96. The molecule has 5 nitrogen and oxygen atoms in total. The van der Waals surface area contributed by atoms with Gasteiger partial charge in [-0.1, -0.05) is 38.1 Å².